The van der Waals surface area contributed by atoms with Crippen LogP contribution >= 0.6 is 11.6 Å². The number of nitrogens with one attached hydrogen (secondary N) is 2. The zero-order valence-electron chi connectivity index (χ0n) is 14.6. The molecule has 4 rings (SSSR count). The Morgan fingerprint density at radius 1 is 1.11 bits per heavy atom. The number of nitrogens with zero attached hydrogens (tertiary/aromatic N) is 1. The van der Waals surface area contributed by atoms with Gasteiger partial charge in [-0.15, -0.1) is 0 Å². The molecule has 144 valence electrons. The number of benzene rings is 2. The van der Waals surface area contributed by atoms with Gasteiger partial charge in [-0.3, -0.25) is 24.7 Å². The van der Waals surface area contributed by atoms with Crippen molar-refractivity contribution in [1.29, 1.82) is 0 Å². The van der Waals surface area contributed by atoms with E-state index in [0.717, 1.165) is 10.5 Å². The summed E-state index contributed by atoms with van der Waals surface area (Å²) < 4.78 is 10.4. The van der Waals surface area contributed by atoms with E-state index in [-0.39, 0.29) is 25.7 Å². The monoisotopic (exact) mass is 401 g/mol. The van der Waals surface area contributed by atoms with Crippen LogP contribution in [0.1, 0.15) is 22.3 Å². The number of fused-ring (bicyclic) bond motifs is 1. The Morgan fingerprint density at radius 3 is 2.64 bits per heavy atom. The zero-order chi connectivity index (χ0) is 19.7. The molecule has 0 aromatic heterocycles. The van der Waals surface area contributed by atoms with Crippen molar-refractivity contribution < 1.29 is 23.9 Å². The number of rotatable bonds is 5. The van der Waals surface area contributed by atoms with E-state index in [4.69, 9.17) is 21.1 Å². The predicted octanol–water partition coefficient (Wildman–Crippen LogP) is 1.63. The summed E-state index contributed by atoms with van der Waals surface area (Å²) >= 11 is 5.85. The van der Waals surface area contributed by atoms with E-state index in [2.05, 4.69) is 10.9 Å². The molecule has 2 aromatic rings. The van der Waals surface area contributed by atoms with Crippen molar-refractivity contribution in [3.8, 4) is 11.5 Å². The molecule has 0 aliphatic carbocycles. The smallest absolute Gasteiger partial charge is 0.265 e. The number of ether oxygens (including phenoxy) is 2. The first-order valence-electron chi connectivity index (χ1n) is 8.55. The number of carbonyl (C=O) groups excluding carboxylic acids is 3. The molecule has 1 unspecified atom stereocenters. The van der Waals surface area contributed by atoms with Gasteiger partial charge in [-0.1, -0.05) is 23.7 Å². The molecule has 28 heavy (non-hydrogen) atoms. The Hall–Kier alpha value is -3.10. The molecule has 2 aliphatic rings. The highest BCUT2D eigenvalue weighted by molar-refractivity contribution is 6.30. The number of imide groups is 1. The molecule has 1 atom stereocenters. The lowest BCUT2D eigenvalue weighted by molar-refractivity contribution is -0.139. The minimum Gasteiger partial charge on any atom is -0.454 e. The van der Waals surface area contributed by atoms with Crippen molar-refractivity contribution in [3.63, 3.8) is 0 Å². The van der Waals surface area contributed by atoms with Crippen molar-refractivity contribution in [3.05, 3.63) is 58.6 Å². The molecule has 2 N–H and O–H groups in total. The van der Waals surface area contributed by atoms with Gasteiger partial charge < -0.3 is 9.47 Å². The van der Waals surface area contributed by atoms with Crippen LogP contribution in [0.3, 0.4) is 0 Å². The number of likely N-dealkylation sites (tertiary alicyclic amines) is 1. The Bertz CT molecular complexity index is 947. The zero-order valence-corrected chi connectivity index (χ0v) is 15.4. The van der Waals surface area contributed by atoms with Crippen LogP contribution in [0, 0.1) is 0 Å². The Morgan fingerprint density at radius 2 is 1.86 bits per heavy atom. The summed E-state index contributed by atoms with van der Waals surface area (Å²) in [7, 11) is 0. The van der Waals surface area contributed by atoms with Gasteiger partial charge in [-0.2, -0.15) is 0 Å². The van der Waals surface area contributed by atoms with E-state index < -0.39 is 17.9 Å². The first-order chi connectivity index (χ1) is 13.5. The Balaban J connectivity index is 1.36. The topological polar surface area (TPSA) is 97.0 Å². The summed E-state index contributed by atoms with van der Waals surface area (Å²) in [4.78, 5) is 38.2. The summed E-state index contributed by atoms with van der Waals surface area (Å²) in [5.41, 5.74) is 6.25. The lowest BCUT2D eigenvalue weighted by atomic mass is 10.2. The van der Waals surface area contributed by atoms with E-state index in [1.165, 1.54) is 0 Å². The summed E-state index contributed by atoms with van der Waals surface area (Å²) in [6.07, 6.45) is -0.0339. The lowest BCUT2D eigenvalue weighted by Gasteiger charge is -2.16. The van der Waals surface area contributed by atoms with Gasteiger partial charge in [-0.25, -0.2) is 5.43 Å². The fourth-order valence-electron chi connectivity index (χ4n) is 3.00. The van der Waals surface area contributed by atoms with E-state index in [9.17, 15) is 14.4 Å². The summed E-state index contributed by atoms with van der Waals surface area (Å²) in [6, 6.07) is 10.8. The fraction of sp³-hybridized carbons (Fsp3) is 0.211. The third-order valence-electron chi connectivity index (χ3n) is 4.49. The number of carbonyl (C=O) groups is 3. The fourth-order valence-corrected chi connectivity index (χ4v) is 3.12. The molecule has 3 amide bonds. The van der Waals surface area contributed by atoms with Crippen LogP contribution < -0.4 is 20.3 Å². The second-order valence-corrected chi connectivity index (χ2v) is 6.80. The number of amides is 3. The van der Waals surface area contributed by atoms with Gasteiger partial charge >= 0.3 is 0 Å². The van der Waals surface area contributed by atoms with Gasteiger partial charge in [0.05, 0.1) is 13.0 Å². The van der Waals surface area contributed by atoms with Crippen molar-refractivity contribution in [1.82, 2.24) is 15.8 Å². The molecule has 0 bridgehead atoms. The quantitative estimate of drug-likeness (QED) is 0.584. The Labute approximate surface area is 165 Å². The van der Waals surface area contributed by atoms with Gasteiger partial charge in [0.2, 0.25) is 18.6 Å². The molecule has 1 fully saturated rings. The number of hydrazine groups is 1. The highest BCUT2D eigenvalue weighted by atomic mass is 35.5. The van der Waals surface area contributed by atoms with Crippen LogP contribution in [0.2, 0.25) is 5.02 Å². The predicted molar refractivity (Wildman–Crippen MR) is 98.6 cm³/mol. The van der Waals surface area contributed by atoms with Crippen molar-refractivity contribution in [2.75, 3.05) is 6.79 Å². The Kier molecular flexibility index (Phi) is 4.89. The van der Waals surface area contributed by atoms with Crippen LogP contribution in [-0.4, -0.2) is 35.5 Å². The van der Waals surface area contributed by atoms with Crippen molar-refractivity contribution in [2.45, 2.75) is 19.0 Å². The normalized spacial score (nSPS) is 17.9. The molecule has 1 saturated heterocycles. The molecule has 0 spiro atoms. The van der Waals surface area contributed by atoms with Crippen molar-refractivity contribution in [2.24, 2.45) is 0 Å². The highest BCUT2D eigenvalue weighted by Gasteiger charge is 2.38. The molecule has 9 heteroatoms. The van der Waals surface area contributed by atoms with Gasteiger partial charge in [0, 0.05) is 10.6 Å². The first kappa shape index (κ1) is 18.3. The third-order valence-corrected chi connectivity index (χ3v) is 4.74. The van der Waals surface area contributed by atoms with Crippen LogP contribution in [0.15, 0.2) is 42.5 Å². The van der Waals surface area contributed by atoms with E-state index in [1.54, 1.807) is 42.5 Å². The van der Waals surface area contributed by atoms with E-state index in [1.807, 2.05) is 0 Å². The minimum atomic E-state index is -0.822. The summed E-state index contributed by atoms with van der Waals surface area (Å²) in [6.45, 7) is 0.268. The van der Waals surface area contributed by atoms with Crippen LogP contribution in [0.25, 0.3) is 0 Å². The molecule has 2 heterocycles. The van der Waals surface area contributed by atoms with Gasteiger partial charge in [0.15, 0.2) is 11.5 Å². The first-order valence-corrected chi connectivity index (χ1v) is 8.93. The number of hydrogen-bond acceptors (Lipinski definition) is 6. The van der Waals surface area contributed by atoms with Crippen molar-refractivity contribution >= 4 is 29.3 Å². The molecular weight excluding hydrogens is 386 g/mol. The maximum atomic E-state index is 12.5. The standard InChI is InChI=1S/C19H16ClN3O5/c20-13-4-1-11(2-5-13)9-23-17(24)8-14(19(23)26)21-22-18(25)12-3-6-15-16(7-12)28-10-27-15/h1-7,14,21H,8-10H2,(H,22,25). The minimum absolute atomic E-state index is 0.0339. The maximum Gasteiger partial charge on any atom is 0.265 e. The van der Waals surface area contributed by atoms with E-state index in [0.29, 0.717) is 22.1 Å². The van der Waals surface area contributed by atoms with E-state index >= 15 is 0 Å². The van der Waals surface area contributed by atoms with Crippen LogP contribution in [0.4, 0.5) is 0 Å². The average molecular weight is 402 g/mol. The number of halogens is 1. The van der Waals surface area contributed by atoms with Gasteiger partial charge in [0.1, 0.15) is 6.04 Å². The average Bonchev–Trinajstić information content (AvgIpc) is 3.26. The number of hydrogen-bond donors (Lipinski definition) is 2. The largest absolute Gasteiger partial charge is 0.454 e. The van der Waals surface area contributed by atoms with Crippen LogP contribution in [0.5, 0.6) is 11.5 Å². The van der Waals surface area contributed by atoms with Gasteiger partial charge in [0.25, 0.3) is 5.91 Å². The van der Waals surface area contributed by atoms with Crippen LogP contribution in [-0.2, 0) is 16.1 Å². The maximum absolute atomic E-state index is 12.5. The second kappa shape index (κ2) is 7.49. The molecule has 0 saturated carbocycles. The SMILES string of the molecule is O=C(NNC1CC(=O)N(Cc2ccc(Cl)cc2)C1=O)c1ccc2c(c1)OCO2. The third kappa shape index (κ3) is 3.64. The summed E-state index contributed by atoms with van der Waals surface area (Å²) in [5, 5.41) is 0.577. The molecule has 0 radical (unpaired) electrons. The lowest BCUT2D eigenvalue weighted by Crippen LogP contribution is -2.48. The highest BCUT2D eigenvalue weighted by Crippen LogP contribution is 2.32. The van der Waals surface area contributed by atoms with Gasteiger partial charge in [-0.05, 0) is 35.9 Å². The molecule has 2 aliphatic heterocycles. The molecule has 8 nitrogen and oxygen atoms in total. The molecular formula is C19H16ClN3O5. The summed E-state index contributed by atoms with van der Waals surface area (Å²) in [5.74, 6) is -0.108. The molecule has 2 aromatic carbocycles. The second-order valence-electron chi connectivity index (χ2n) is 6.37.